The first-order valence-electron chi connectivity index (χ1n) is 3.01. The van der Waals surface area contributed by atoms with Crippen molar-refractivity contribution in [2.75, 3.05) is 0 Å². The minimum absolute atomic E-state index is 1.09. The van der Waals surface area contributed by atoms with Gasteiger partial charge in [0.25, 0.3) is 0 Å². The van der Waals surface area contributed by atoms with Gasteiger partial charge in [0.15, 0.2) is 0 Å². The maximum Gasteiger partial charge on any atom is 0.0256 e. The van der Waals surface area contributed by atoms with Crippen LogP contribution < -0.4 is 0 Å². The molecule has 0 atom stereocenters. The van der Waals surface area contributed by atoms with Gasteiger partial charge in [0.05, 0.1) is 0 Å². The van der Waals surface area contributed by atoms with Gasteiger partial charge >= 0.3 is 0 Å². The molecule has 0 N–H and O–H groups in total. The van der Waals surface area contributed by atoms with E-state index >= 15 is 0 Å². The van der Waals surface area contributed by atoms with Gasteiger partial charge in [-0.3, -0.25) is 0 Å². The van der Waals surface area contributed by atoms with Crippen LogP contribution in [0.2, 0.25) is 0 Å². The highest BCUT2D eigenvalue weighted by atomic mass is 127. The van der Waals surface area contributed by atoms with E-state index in [1.54, 1.807) is 0 Å². The van der Waals surface area contributed by atoms with Crippen LogP contribution in [0.5, 0.6) is 0 Å². The molecule has 0 aliphatic rings. The minimum Gasteiger partial charge on any atom is -0.0608 e. The zero-order valence-corrected chi connectivity index (χ0v) is 7.84. The molecule has 0 saturated heterocycles. The summed E-state index contributed by atoms with van der Waals surface area (Å²) >= 11 is 2.04. The smallest absolute Gasteiger partial charge is 0.0256 e. The van der Waals surface area contributed by atoms with Crippen molar-refractivity contribution in [3.8, 4) is 9.85 Å². The zero-order valence-electron chi connectivity index (χ0n) is 5.69. The summed E-state index contributed by atoms with van der Waals surface area (Å²) in [7, 11) is 0. The van der Waals surface area contributed by atoms with Crippen LogP contribution in [-0.2, 0) is 0 Å². The Labute approximate surface area is 74.8 Å². The molecule has 50 valence electrons. The van der Waals surface area contributed by atoms with Gasteiger partial charge in [-0.25, -0.2) is 0 Å². The van der Waals surface area contributed by atoms with E-state index in [0.717, 1.165) is 5.56 Å². The molecule has 10 heavy (non-hydrogen) atoms. The lowest BCUT2D eigenvalue weighted by Crippen LogP contribution is -1.74. The molecule has 1 aromatic rings. The molecule has 0 spiro atoms. The molecule has 0 bridgehead atoms. The summed E-state index contributed by atoms with van der Waals surface area (Å²) in [6.07, 6.45) is 0. The van der Waals surface area contributed by atoms with E-state index in [0.29, 0.717) is 0 Å². The predicted octanol–water partition coefficient (Wildman–Crippen LogP) is 2.74. The van der Waals surface area contributed by atoms with Crippen molar-refractivity contribution in [2.45, 2.75) is 6.92 Å². The highest BCUT2D eigenvalue weighted by molar-refractivity contribution is 14.1. The van der Waals surface area contributed by atoms with Crippen molar-refractivity contribution >= 4 is 22.6 Å². The van der Waals surface area contributed by atoms with Gasteiger partial charge < -0.3 is 0 Å². The number of benzene rings is 1. The Morgan fingerprint density at radius 1 is 1.40 bits per heavy atom. The topological polar surface area (TPSA) is 0 Å². The summed E-state index contributed by atoms with van der Waals surface area (Å²) in [6.45, 7) is 2.07. The molecule has 0 aromatic heterocycles. The molecule has 1 heteroatoms. The normalized spacial score (nSPS) is 8.20. The van der Waals surface area contributed by atoms with Gasteiger partial charge in [-0.2, -0.15) is 0 Å². The van der Waals surface area contributed by atoms with Gasteiger partial charge in [-0.15, -0.1) is 0 Å². The highest BCUT2D eigenvalue weighted by Gasteiger charge is 1.84. The molecule has 0 aliphatic heterocycles. The zero-order chi connectivity index (χ0) is 7.40. The summed E-state index contributed by atoms with van der Waals surface area (Å²) in [5, 5.41) is 0. The molecule has 0 fully saturated rings. The molecule has 0 nitrogen and oxygen atoms in total. The highest BCUT2D eigenvalue weighted by Crippen LogP contribution is 2.01. The fourth-order valence-electron chi connectivity index (χ4n) is 0.777. The Morgan fingerprint density at radius 2 is 2.20 bits per heavy atom. The molecule has 0 amide bonds. The average Bonchev–Trinajstić information content (AvgIpc) is 1.88. The molecule has 1 rings (SSSR count). The average molecular weight is 242 g/mol. The second kappa shape index (κ2) is 3.62. The van der Waals surface area contributed by atoms with Gasteiger partial charge in [0, 0.05) is 28.2 Å². The van der Waals surface area contributed by atoms with Crippen molar-refractivity contribution in [2.24, 2.45) is 0 Å². The lowest BCUT2D eigenvalue weighted by molar-refractivity contribution is 1.46. The Balaban J connectivity index is 3.03. The van der Waals surface area contributed by atoms with E-state index in [1.807, 2.05) is 34.7 Å². The quantitative estimate of drug-likeness (QED) is 0.484. The fourth-order valence-corrected chi connectivity index (χ4v) is 1.09. The SMILES string of the molecule is Cc1cccc(C#CI)c1. The van der Waals surface area contributed by atoms with E-state index in [4.69, 9.17) is 0 Å². The first-order valence-corrected chi connectivity index (χ1v) is 4.09. The summed E-state index contributed by atoms with van der Waals surface area (Å²) in [5.41, 5.74) is 2.35. The third-order valence-corrected chi connectivity index (χ3v) is 1.48. The Kier molecular flexibility index (Phi) is 2.76. The van der Waals surface area contributed by atoms with Gasteiger partial charge in [0.2, 0.25) is 0 Å². The molecular formula is C9H7I. The fraction of sp³-hybridized carbons (Fsp3) is 0.111. The van der Waals surface area contributed by atoms with E-state index in [9.17, 15) is 0 Å². The van der Waals surface area contributed by atoms with Crippen LogP contribution in [0.4, 0.5) is 0 Å². The third kappa shape index (κ3) is 2.03. The third-order valence-electron chi connectivity index (χ3n) is 1.21. The Bertz CT molecular complexity index is 278. The first-order chi connectivity index (χ1) is 4.83. The standard InChI is InChI=1S/C9H7I/c1-8-3-2-4-9(7-8)5-6-10/h2-4,7H,1H3. The summed E-state index contributed by atoms with van der Waals surface area (Å²) in [5.74, 6) is 2.98. The first kappa shape index (κ1) is 7.62. The van der Waals surface area contributed by atoms with Crippen molar-refractivity contribution in [3.05, 3.63) is 35.4 Å². The number of hydrogen-bond donors (Lipinski definition) is 0. The van der Waals surface area contributed by atoms with Crippen molar-refractivity contribution in [3.63, 3.8) is 0 Å². The van der Waals surface area contributed by atoms with Crippen LogP contribution in [0.25, 0.3) is 0 Å². The number of rotatable bonds is 0. The van der Waals surface area contributed by atoms with Crippen LogP contribution in [0, 0.1) is 16.8 Å². The molecule has 0 unspecified atom stereocenters. The van der Waals surface area contributed by atoms with Crippen LogP contribution in [0.15, 0.2) is 24.3 Å². The van der Waals surface area contributed by atoms with Gasteiger partial charge in [0.1, 0.15) is 0 Å². The van der Waals surface area contributed by atoms with E-state index < -0.39 is 0 Å². The molecule has 0 radical (unpaired) electrons. The summed E-state index contributed by atoms with van der Waals surface area (Å²) in [4.78, 5) is 0. The largest absolute Gasteiger partial charge is 0.0608 e. The number of hydrogen-bond acceptors (Lipinski definition) is 0. The van der Waals surface area contributed by atoms with Crippen molar-refractivity contribution in [1.82, 2.24) is 0 Å². The van der Waals surface area contributed by atoms with Crippen molar-refractivity contribution in [1.29, 1.82) is 0 Å². The van der Waals surface area contributed by atoms with E-state index in [2.05, 4.69) is 28.9 Å². The molecule has 0 aliphatic carbocycles. The van der Waals surface area contributed by atoms with E-state index in [1.165, 1.54) is 5.56 Å². The monoisotopic (exact) mass is 242 g/mol. The molecule has 0 saturated carbocycles. The lowest BCUT2D eigenvalue weighted by atomic mass is 10.1. The second-order valence-corrected chi connectivity index (χ2v) is 2.63. The molecule has 0 heterocycles. The van der Waals surface area contributed by atoms with E-state index in [-0.39, 0.29) is 0 Å². The number of halogens is 1. The minimum atomic E-state index is 1.09. The maximum atomic E-state index is 2.98. The summed E-state index contributed by atoms with van der Waals surface area (Å²) in [6, 6.07) is 8.17. The second-order valence-electron chi connectivity index (χ2n) is 2.09. The van der Waals surface area contributed by atoms with Crippen LogP contribution >= 0.6 is 22.6 Å². The molecular weight excluding hydrogens is 235 g/mol. The Hall–Kier alpha value is -0.490. The number of aryl methyl sites for hydroxylation is 1. The van der Waals surface area contributed by atoms with Crippen LogP contribution in [0.1, 0.15) is 11.1 Å². The van der Waals surface area contributed by atoms with Crippen LogP contribution in [0.3, 0.4) is 0 Å². The molecule has 1 aromatic carbocycles. The van der Waals surface area contributed by atoms with Gasteiger partial charge in [-0.1, -0.05) is 18.1 Å². The summed E-state index contributed by atoms with van der Waals surface area (Å²) < 4.78 is 2.83. The lowest BCUT2D eigenvalue weighted by Gasteiger charge is -1.90. The van der Waals surface area contributed by atoms with Gasteiger partial charge in [-0.05, 0) is 28.5 Å². The van der Waals surface area contributed by atoms with Crippen molar-refractivity contribution < 1.29 is 0 Å². The Morgan fingerprint density at radius 3 is 2.80 bits per heavy atom. The maximum absolute atomic E-state index is 2.98. The van der Waals surface area contributed by atoms with Crippen LogP contribution in [-0.4, -0.2) is 0 Å². The predicted molar refractivity (Wildman–Crippen MR) is 52.1 cm³/mol.